The maximum atomic E-state index is 5.55. The van der Waals surface area contributed by atoms with Crippen LogP contribution in [0.2, 0.25) is 0 Å². The number of methoxy groups -OCH3 is 1. The number of hydrogen-bond acceptors (Lipinski definition) is 3. The van der Waals surface area contributed by atoms with Gasteiger partial charge in [0.25, 0.3) is 0 Å². The first kappa shape index (κ1) is 16.0. The second-order valence-electron chi connectivity index (χ2n) is 5.40. The zero-order valence-corrected chi connectivity index (χ0v) is 12.8. The monoisotopic (exact) mass is 264 g/mol. The summed E-state index contributed by atoms with van der Waals surface area (Å²) in [4.78, 5) is 0. The normalized spacial score (nSPS) is 12.5. The molecule has 19 heavy (non-hydrogen) atoms. The van der Waals surface area contributed by atoms with Gasteiger partial charge in [-0.15, -0.1) is 0 Å². The van der Waals surface area contributed by atoms with E-state index in [0.29, 0.717) is 5.92 Å². The molecule has 0 fully saturated rings. The predicted molar refractivity (Wildman–Crippen MR) is 81.9 cm³/mol. The van der Waals surface area contributed by atoms with Crippen molar-refractivity contribution in [3.05, 3.63) is 28.8 Å². The van der Waals surface area contributed by atoms with Crippen LogP contribution in [-0.4, -0.2) is 26.7 Å². The second-order valence-corrected chi connectivity index (χ2v) is 5.40. The van der Waals surface area contributed by atoms with Crippen LogP contribution in [0.15, 0.2) is 12.1 Å². The number of nitrogens with two attached hydrogens (primary N) is 1. The minimum absolute atomic E-state index is 0.657. The molecule has 0 aromatic heterocycles. The third-order valence-corrected chi connectivity index (χ3v) is 3.47. The summed E-state index contributed by atoms with van der Waals surface area (Å²) in [6, 6.07) is 4.44. The molecule has 1 atom stereocenters. The number of ether oxygens (including phenoxy) is 1. The lowest BCUT2D eigenvalue weighted by Gasteiger charge is -2.13. The Hall–Kier alpha value is -1.06. The minimum Gasteiger partial charge on any atom is -0.496 e. The molecule has 0 saturated carbocycles. The summed E-state index contributed by atoms with van der Waals surface area (Å²) in [5, 5.41) is 3.50. The van der Waals surface area contributed by atoms with E-state index in [1.54, 1.807) is 7.11 Å². The lowest BCUT2D eigenvalue weighted by molar-refractivity contribution is 0.408. The van der Waals surface area contributed by atoms with Gasteiger partial charge in [0.2, 0.25) is 0 Å². The van der Waals surface area contributed by atoms with Gasteiger partial charge in [0.15, 0.2) is 0 Å². The largest absolute Gasteiger partial charge is 0.496 e. The smallest absolute Gasteiger partial charge is 0.124 e. The van der Waals surface area contributed by atoms with Gasteiger partial charge in [0, 0.05) is 0 Å². The van der Waals surface area contributed by atoms with Crippen molar-refractivity contribution in [3.63, 3.8) is 0 Å². The van der Waals surface area contributed by atoms with Crippen LogP contribution in [0.5, 0.6) is 5.75 Å². The molecule has 108 valence electrons. The summed E-state index contributed by atoms with van der Waals surface area (Å²) in [7, 11) is 1.73. The molecule has 0 saturated heterocycles. The third-order valence-electron chi connectivity index (χ3n) is 3.47. The standard InChI is InChI=1S/C16H28N2O/c1-12(5-7-17)11-18-8-6-15-9-13(2)16(19-4)14(3)10-15/h9-10,12,18H,5-8,11,17H2,1-4H3. The molecular weight excluding hydrogens is 236 g/mol. The van der Waals surface area contributed by atoms with E-state index in [1.165, 1.54) is 16.7 Å². The molecular formula is C16H28N2O. The summed E-state index contributed by atoms with van der Waals surface area (Å²) in [6.07, 6.45) is 2.15. The molecule has 1 aromatic rings. The van der Waals surface area contributed by atoms with Crippen molar-refractivity contribution in [3.8, 4) is 5.75 Å². The van der Waals surface area contributed by atoms with E-state index in [1.807, 2.05) is 0 Å². The first-order valence-electron chi connectivity index (χ1n) is 7.13. The first-order chi connectivity index (χ1) is 9.08. The fourth-order valence-corrected chi connectivity index (χ4v) is 2.47. The molecule has 1 aromatic carbocycles. The van der Waals surface area contributed by atoms with E-state index >= 15 is 0 Å². The SMILES string of the molecule is COc1c(C)cc(CCNCC(C)CCN)cc1C. The fourth-order valence-electron chi connectivity index (χ4n) is 2.47. The second kappa shape index (κ2) is 8.18. The quantitative estimate of drug-likeness (QED) is 0.709. The maximum absolute atomic E-state index is 5.55. The van der Waals surface area contributed by atoms with E-state index < -0.39 is 0 Å². The minimum atomic E-state index is 0.657. The summed E-state index contributed by atoms with van der Waals surface area (Å²) >= 11 is 0. The Labute approximate surface area is 117 Å². The average Bonchev–Trinajstić information content (AvgIpc) is 2.35. The molecule has 0 heterocycles. The molecule has 0 bridgehead atoms. The van der Waals surface area contributed by atoms with Crippen LogP contribution in [-0.2, 0) is 6.42 Å². The maximum Gasteiger partial charge on any atom is 0.124 e. The highest BCUT2D eigenvalue weighted by Crippen LogP contribution is 2.24. The molecule has 0 spiro atoms. The summed E-state index contributed by atoms with van der Waals surface area (Å²) < 4.78 is 5.39. The lowest BCUT2D eigenvalue weighted by atomic mass is 10.0. The molecule has 3 N–H and O–H groups in total. The summed E-state index contributed by atoms with van der Waals surface area (Å²) in [5.41, 5.74) is 9.35. The van der Waals surface area contributed by atoms with Crippen LogP contribution in [0.25, 0.3) is 0 Å². The summed E-state index contributed by atoms with van der Waals surface area (Å²) in [5.74, 6) is 1.66. The van der Waals surface area contributed by atoms with Gasteiger partial charge in [-0.05, 0) is 68.9 Å². The zero-order valence-electron chi connectivity index (χ0n) is 12.8. The van der Waals surface area contributed by atoms with Gasteiger partial charge in [-0.2, -0.15) is 0 Å². The van der Waals surface area contributed by atoms with Crippen molar-refractivity contribution in [1.29, 1.82) is 0 Å². The molecule has 1 rings (SSSR count). The van der Waals surface area contributed by atoms with E-state index in [-0.39, 0.29) is 0 Å². The molecule has 0 radical (unpaired) electrons. The molecule has 0 aliphatic rings. The molecule has 3 heteroatoms. The number of aryl methyl sites for hydroxylation is 2. The van der Waals surface area contributed by atoms with Crippen molar-refractivity contribution in [2.24, 2.45) is 11.7 Å². The van der Waals surface area contributed by atoms with Crippen LogP contribution in [0, 0.1) is 19.8 Å². The highest BCUT2D eigenvalue weighted by molar-refractivity contribution is 5.43. The van der Waals surface area contributed by atoms with Crippen molar-refractivity contribution >= 4 is 0 Å². The van der Waals surface area contributed by atoms with E-state index in [9.17, 15) is 0 Å². The van der Waals surface area contributed by atoms with E-state index in [4.69, 9.17) is 10.5 Å². The Morgan fingerprint density at radius 1 is 1.26 bits per heavy atom. The Morgan fingerprint density at radius 3 is 2.42 bits per heavy atom. The fraction of sp³-hybridized carbons (Fsp3) is 0.625. The van der Waals surface area contributed by atoms with Gasteiger partial charge in [0.1, 0.15) is 5.75 Å². The molecule has 1 unspecified atom stereocenters. The summed E-state index contributed by atoms with van der Waals surface area (Å²) in [6.45, 7) is 9.28. The van der Waals surface area contributed by atoms with Crippen LogP contribution < -0.4 is 15.8 Å². The van der Waals surface area contributed by atoms with Gasteiger partial charge < -0.3 is 15.8 Å². The molecule has 0 amide bonds. The van der Waals surface area contributed by atoms with E-state index in [2.05, 4.69) is 38.2 Å². The lowest BCUT2D eigenvalue weighted by Crippen LogP contribution is -2.24. The molecule has 0 aliphatic heterocycles. The van der Waals surface area contributed by atoms with Gasteiger partial charge >= 0.3 is 0 Å². The molecule has 3 nitrogen and oxygen atoms in total. The number of hydrogen-bond donors (Lipinski definition) is 2. The van der Waals surface area contributed by atoms with Crippen molar-refractivity contribution in [2.75, 3.05) is 26.7 Å². The van der Waals surface area contributed by atoms with Crippen molar-refractivity contribution in [2.45, 2.75) is 33.6 Å². The Kier molecular flexibility index (Phi) is 6.89. The van der Waals surface area contributed by atoms with Crippen LogP contribution >= 0.6 is 0 Å². The topological polar surface area (TPSA) is 47.3 Å². The Bertz CT molecular complexity index is 367. The zero-order chi connectivity index (χ0) is 14.3. The van der Waals surface area contributed by atoms with Gasteiger partial charge in [-0.1, -0.05) is 19.1 Å². The average molecular weight is 264 g/mol. The Balaban J connectivity index is 2.42. The Morgan fingerprint density at radius 2 is 1.89 bits per heavy atom. The third kappa shape index (κ3) is 5.21. The van der Waals surface area contributed by atoms with E-state index in [0.717, 1.165) is 38.2 Å². The van der Waals surface area contributed by atoms with Crippen LogP contribution in [0.1, 0.15) is 30.0 Å². The van der Waals surface area contributed by atoms with Crippen molar-refractivity contribution in [1.82, 2.24) is 5.32 Å². The number of nitrogens with one attached hydrogen (secondary N) is 1. The first-order valence-corrected chi connectivity index (χ1v) is 7.13. The predicted octanol–water partition coefficient (Wildman–Crippen LogP) is 2.43. The van der Waals surface area contributed by atoms with Crippen LogP contribution in [0.4, 0.5) is 0 Å². The highest BCUT2D eigenvalue weighted by Gasteiger charge is 2.05. The van der Waals surface area contributed by atoms with Gasteiger partial charge in [-0.3, -0.25) is 0 Å². The van der Waals surface area contributed by atoms with Crippen molar-refractivity contribution < 1.29 is 4.74 Å². The number of rotatable bonds is 8. The van der Waals surface area contributed by atoms with Gasteiger partial charge in [-0.25, -0.2) is 0 Å². The van der Waals surface area contributed by atoms with Gasteiger partial charge in [0.05, 0.1) is 7.11 Å². The number of benzene rings is 1. The highest BCUT2D eigenvalue weighted by atomic mass is 16.5. The van der Waals surface area contributed by atoms with Crippen LogP contribution in [0.3, 0.4) is 0 Å². The molecule has 0 aliphatic carbocycles.